The molecule has 45 heavy (non-hydrogen) atoms. The second kappa shape index (κ2) is 11.5. The summed E-state index contributed by atoms with van der Waals surface area (Å²) in [5.41, 5.74) is -1.85. The molecule has 0 saturated heterocycles. The van der Waals surface area contributed by atoms with Gasteiger partial charge in [0.2, 0.25) is 5.88 Å². The molecule has 240 valence electrons. The van der Waals surface area contributed by atoms with E-state index in [0.29, 0.717) is 38.7 Å². The number of ether oxygens (including phenoxy) is 3. The summed E-state index contributed by atoms with van der Waals surface area (Å²) in [5, 5.41) is 10.1. The fourth-order valence-corrected chi connectivity index (χ4v) is 6.59. The Labute approximate surface area is 255 Å². The molecule has 2 aromatic carbocycles. The highest BCUT2D eigenvalue weighted by molar-refractivity contribution is 5.79. The van der Waals surface area contributed by atoms with E-state index in [1.54, 1.807) is 26.1 Å². The quantitative estimate of drug-likeness (QED) is 0.207. The van der Waals surface area contributed by atoms with Gasteiger partial charge in [-0.25, -0.2) is 18.2 Å². The molecular formula is C33H31F6NO5. The third kappa shape index (κ3) is 6.21. The maximum absolute atomic E-state index is 15.1. The first kappa shape index (κ1) is 31.2. The zero-order valence-corrected chi connectivity index (χ0v) is 24.5. The van der Waals surface area contributed by atoms with Gasteiger partial charge in [0, 0.05) is 23.7 Å². The first-order valence-corrected chi connectivity index (χ1v) is 14.8. The maximum Gasteiger partial charge on any atom is 0.417 e. The van der Waals surface area contributed by atoms with Gasteiger partial charge in [0.05, 0.1) is 29.8 Å². The molecule has 0 radical (unpaired) electrons. The Morgan fingerprint density at radius 2 is 1.73 bits per heavy atom. The lowest BCUT2D eigenvalue weighted by molar-refractivity contribution is -0.145. The molecule has 2 fully saturated rings. The first-order valence-electron chi connectivity index (χ1n) is 14.8. The SMILES string of the molecule is CCOC(=O)[C@H]1[C@@H]2Cc3cc(OCc4cc(-c5cc(F)c(OC6CCC(C)(O)CC6)c(F)c5)c(C(F)(F)F)cc4F)ncc3[C@@H]21. The standard InChI is InChI=1S/C33H31F6NO5/c1-3-43-31(41)29-21-8-16-12-27(40-14-22(16)28(21)29)44-15-18-9-20(23(13-24(18)34)33(37,38)39)17-10-25(35)30(26(36)11-17)45-19-4-6-32(2,42)7-5-19/h9-14,19,21,28-29,42H,3-8,15H2,1-2H3/t19?,21-,28-,29+,32?/m1/s1. The van der Waals surface area contributed by atoms with Gasteiger partial charge >= 0.3 is 12.1 Å². The van der Waals surface area contributed by atoms with Crippen molar-refractivity contribution in [3.8, 4) is 22.8 Å². The normalized spacial score (nSPS) is 25.4. The van der Waals surface area contributed by atoms with Crippen LogP contribution < -0.4 is 9.47 Å². The summed E-state index contributed by atoms with van der Waals surface area (Å²) in [7, 11) is 0. The predicted octanol–water partition coefficient (Wildman–Crippen LogP) is 7.28. The topological polar surface area (TPSA) is 77.9 Å². The summed E-state index contributed by atoms with van der Waals surface area (Å²) in [5.74, 6) is -4.54. The van der Waals surface area contributed by atoms with E-state index in [1.807, 2.05) is 0 Å². The largest absolute Gasteiger partial charge is 0.484 e. The van der Waals surface area contributed by atoms with Crippen molar-refractivity contribution in [3.63, 3.8) is 0 Å². The molecular weight excluding hydrogens is 604 g/mol. The van der Waals surface area contributed by atoms with E-state index < -0.39 is 64.4 Å². The van der Waals surface area contributed by atoms with Crippen LogP contribution in [0.1, 0.15) is 67.7 Å². The van der Waals surface area contributed by atoms with Crippen LogP contribution in [0.15, 0.2) is 36.5 Å². The lowest BCUT2D eigenvalue weighted by atomic mass is 9.85. The highest BCUT2D eigenvalue weighted by Gasteiger charge is 2.60. The van der Waals surface area contributed by atoms with Gasteiger partial charge in [0.15, 0.2) is 17.4 Å². The molecule has 3 aromatic rings. The highest BCUT2D eigenvalue weighted by Crippen LogP contribution is 2.62. The Balaban J connectivity index is 1.22. The van der Waals surface area contributed by atoms with Gasteiger partial charge in [0.25, 0.3) is 0 Å². The number of hydrogen-bond donors (Lipinski definition) is 1. The summed E-state index contributed by atoms with van der Waals surface area (Å²) >= 11 is 0. The Morgan fingerprint density at radius 3 is 2.38 bits per heavy atom. The van der Waals surface area contributed by atoms with Crippen molar-refractivity contribution < 1.29 is 50.5 Å². The Hall–Kier alpha value is -3.80. The van der Waals surface area contributed by atoms with Crippen LogP contribution in [0.5, 0.6) is 11.6 Å². The molecule has 6 nitrogen and oxygen atoms in total. The number of alkyl halides is 3. The average Bonchev–Trinajstić information content (AvgIpc) is 3.56. The molecule has 1 heterocycles. The van der Waals surface area contributed by atoms with Crippen molar-refractivity contribution in [1.82, 2.24) is 4.98 Å². The number of aliphatic hydroxyl groups is 1. The van der Waals surface area contributed by atoms with Crippen LogP contribution in [-0.2, 0) is 28.7 Å². The van der Waals surface area contributed by atoms with E-state index in [-0.39, 0.29) is 41.2 Å². The minimum Gasteiger partial charge on any atom is -0.484 e. The number of carbonyl (C=O) groups is 1. The summed E-state index contributed by atoms with van der Waals surface area (Å²) in [6.07, 6.45) is -1.98. The minimum atomic E-state index is -5.03. The Bertz CT molecular complexity index is 1610. The van der Waals surface area contributed by atoms with Crippen LogP contribution in [0.4, 0.5) is 26.3 Å². The van der Waals surface area contributed by atoms with Crippen LogP contribution in [0.3, 0.4) is 0 Å². The fraction of sp³-hybridized carbons (Fsp3) is 0.455. The summed E-state index contributed by atoms with van der Waals surface area (Å²) in [6.45, 7) is 3.20. The van der Waals surface area contributed by atoms with E-state index in [2.05, 4.69) is 4.98 Å². The zero-order chi connectivity index (χ0) is 32.3. The molecule has 2 saturated carbocycles. The highest BCUT2D eigenvalue weighted by atomic mass is 19.4. The van der Waals surface area contributed by atoms with Crippen molar-refractivity contribution in [2.45, 2.75) is 76.4 Å². The van der Waals surface area contributed by atoms with Crippen LogP contribution in [-0.4, -0.2) is 34.4 Å². The van der Waals surface area contributed by atoms with Crippen LogP contribution in [0, 0.1) is 29.3 Å². The Morgan fingerprint density at radius 1 is 1.04 bits per heavy atom. The smallest absolute Gasteiger partial charge is 0.417 e. The number of halogens is 6. The second-order valence-corrected chi connectivity index (χ2v) is 12.3. The maximum atomic E-state index is 15.1. The van der Waals surface area contributed by atoms with E-state index in [9.17, 15) is 27.5 Å². The number of aromatic nitrogens is 1. The summed E-state index contributed by atoms with van der Waals surface area (Å²) < 4.78 is 103. The molecule has 1 N–H and O–H groups in total. The third-order valence-corrected chi connectivity index (χ3v) is 9.01. The van der Waals surface area contributed by atoms with Gasteiger partial charge in [-0.2, -0.15) is 13.2 Å². The number of hydrogen-bond acceptors (Lipinski definition) is 6. The number of fused-ring (bicyclic) bond motifs is 3. The van der Waals surface area contributed by atoms with Crippen LogP contribution >= 0.6 is 0 Å². The molecule has 0 amide bonds. The van der Waals surface area contributed by atoms with E-state index in [4.69, 9.17) is 14.2 Å². The molecule has 12 heteroatoms. The fourth-order valence-electron chi connectivity index (χ4n) is 6.59. The molecule has 0 bridgehead atoms. The zero-order valence-electron chi connectivity index (χ0n) is 24.5. The van der Waals surface area contributed by atoms with Gasteiger partial charge in [-0.3, -0.25) is 4.79 Å². The summed E-state index contributed by atoms with van der Waals surface area (Å²) in [6, 6.07) is 4.25. The van der Waals surface area contributed by atoms with Crippen LogP contribution in [0.25, 0.3) is 11.1 Å². The van der Waals surface area contributed by atoms with Gasteiger partial charge in [-0.05, 0) is 98.4 Å². The number of carbonyl (C=O) groups excluding carboxylic acids is 1. The molecule has 3 atom stereocenters. The Kier molecular flexibility index (Phi) is 7.99. The molecule has 6 rings (SSSR count). The van der Waals surface area contributed by atoms with Crippen molar-refractivity contribution in [3.05, 3.63) is 76.2 Å². The molecule has 3 aliphatic rings. The second-order valence-electron chi connectivity index (χ2n) is 12.3. The average molecular weight is 636 g/mol. The van der Waals surface area contributed by atoms with Gasteiger partial charge in [-0.1, -0.05) is 0 Å². The third-order valence-electron chi connectivity index (χ3n) is 9.01. The summed E-state index contributed by atoms with van der Waals surface area (Å²) in [4.78, 5) is 16.4. The molecule has 3 aliphatic carbocycles. The lowest BCUT2D eigenvalue weighted by Crippen LogP contribution is -2.35. The van der Waals surface area contributed by atoms with Crippen molar-refractivity contribution in [1.29, 1.82) is 0 Å². The molecule has 0 spiro atoms. The number of esters is 1. The molecule has 0 unspecified atom stereocenters. The van der Waals surface area contributed by atoms with Gasteiger partial charge in [0.1, 0.15) is 12.4 Å². The monoisotopic (exact) mass is 635 g/mol. The lowest BCUT2D eigenvalue weighted by Gasteiger charge is -2.33. The van der Waals surface area contributed by atoms with E-state index >= 15 is 8.78 Å². The van der Waals surface area contributed by atoms with E-state index in [0.717, 1.165) is 29.3 Å². The van der Waals surface area contributed by atoms with Gasteiger partial charge in [-0.15, -0.1) is 0 Å². The number of nitrogens with zero attached hydrogens (tertiary/aromatic N) is 1. The van der Waals surface area contributed by atoms with Crippen LogP contribution in [0.2, 0.25) is 0 Å². The predicted molar refractivity (Wildman–Crippen MR) is 149 cm³/mol. The first-order chi connectivity index (χ1) is 21.3. The van der Waals surface area contributed by atoms with E-state index in [1.165, 1.54) is 0 Å². The number of pyridine rings is 1. The number of rotatable bonds is 8. The van der Waals surface area contributed by atoms with Crippen molar-refractivity contribution >= 4 is 5.97 Å². The van der Waals surface area contributed by atoms with Crippen molar-refractivity contribution in [2.75, 3.05) is 6.61 Å². The molecule has 1 aromatic heterocycles. The minimum absolute atomic E-state index is 0.0205. The number of benzene rings is 2. The van der Waals surface area contributed by atoms with Crippen molar-refractivity contribution in [2.24, 2.45) is 11.8 Å². The molecule has 0 aliphatic heterocycles. The van der Waals surface area contributed by atoms with Gasteiger partial charge < -0.3 is 19.3 Å².